The molecule has 0 unspecified atom stereocenters. The van der Waals surface area contributed by atoms with Crippen molar-refractivity contribution in [2.24, 2.45) is 0 Å². The molecular weight excluding hydrogens is 218 g/mol. The monoisotopic (exact) mass is 233 g/mol. The Balaban J connectivity index is 1.76. The average molecular weight is 233 g/mol. The summed E-state index contributed by atoms with van der Waals surface area (Å²) in [5.41, 5.74) is 1.76. The maximum absolute atomic E-state index is 4.29. The van der Waals surface area contributed by atoms with Crippen molar-refractivity contribution in [1.82, 2.24) is 30.4 Å². The van der Waals surface area contributed by atoms with Crippen LogP contribution in [0.15, 0.2) is 6.33 Å². The van der Waals surface area contributed by atoms with Crippen LogP contribution in [0.1, 0.15) is 23.6 Å². The highest BCUT2D eigenvalue weighted by Gasteiger charge is 2.01. The number of anilines is 1. The van der Waals surface area contributed by atoms with Crippen molar-refractivity contribution in [3.63, 3.8) is 0 Å². The number of hydrogen-bond donors (Lipinski definition) is 2. The van der Waals surface area contributed by atoms with E-state index in [-0.39, 0.29) is 0 Å². The van der Waals surface area contributed by atoms with Gasteiger partial charge >= 0.3 is 0 Å². The van der Waals surface area contributed by atoms with E-state index < -0.39 is 0 Å². The van der Waals surface area contributed by atoms with Crippen LogP contribution in [-0.4, -0.2) is 36.9 Å². The minimum absolute atomic E-state index is 0.575. The lowest BCUT2D eigenvalue weighted by atomic mass is 10.3. The van der Waals surface area contributed by atoms with Crippen LogP contribution in [0.25, 0.3) is 0 Å². The number of nitrogens with one attached hydrogen (secondary N) is 2. The Morgan fingerprint density at radius 3 is 2.82 bits per heavy atom. The summed E-state index contributed by atoms with van der Waals surface area (Å²) in [5.74, 6) is 1.47. The van der Waals surface area contributed by atoms with Crippen molar-refractivity contribution in [1.29, 1.82) is 0 Å². The molecule has 2 aromatic rings. The Bertz CT molecular complexity index is 466. The summed E-state index contributed by atoms with van der Waals surface area (Å²) < 4.78 is 0. The SMILES string of the molecule is Cc1nnc(NCCCc2ncn[nH]2)nc1C. The van der Waals surface area contributed by atoms with Crippen LogP contribution in [0.3, 0.4) is 0 Å². The number of aryl methyl sites for hydroxylation is 3. The van der Waals surface area contributed by atoms with Crippen molar-refractivity contribution in [2.45, 2.75) is 26.7 Å². The highest BCUT2D eigenvalue weighted by molar-refractivity contribution is 5.24. The van der Waals surface area contributed by atoms with E-state index >= 15 is 0 Å². The third-order valence-electron chi connectivity index (χ3n) is 2.43. The van der Waals surface area contributed by atoms with Gasteiger partial charge in [-0.2, -0.15) is 10.2 Å². The fourth-order valence-corrected chi connectivity index (χ4v) is 1.34. The Morgan fingerprint density at radius 1 is 1.24 bits per heavy atom. The van der Waals surface area contributed by atoms with E-state index in [1.807, 2.05) is 13.8 Å². The number of nitrogens with zero attached hydrogens (tertiary/aromatic N) is 5. The minimum Gasteiger partial charge on any atom is -0.353 e. The third kappa shape index (κ3) is 3.20. The zero-order valence-electron chi connectivity index (χ0n) is 9.93. The number of rotatable bonds is 5. The molecule has 0 atom stereocenters. The Hall–Kier alpha value is -2.05. The third-order valence-corrected chi connectivity index (χ3v) is 2.43. The van der Waals surface area contributed by atoms with Crippen molar-refractivity contribution >= 4 is 5.95 Å². The number of aromatic nitrogens is 6. The normalized spacial score (nSPS) is 10.5. The second-order valence-electron chi connectivity index (χ2n) is 3.77. The lowest BCUT2D eigenvalue weighted by molar-refractivity contribution is 0.791. The molecule has 0 bridgehead atoms. The molecule has 7 heteroatoms. The van der Waals surface area contributed by atoms with Gasteiger partial charge in [-0.05, 0) is 20.3 Å². The molecular formula is C10H15N7. The van der Waals surface area contributed by atoms with Crippen LogP contribution in [-0.2, 0) is 6.42 Å². The zero-order valence-corrected chi connectivity index (χ0v) is 9.93. The van der Waals surface area contributed by atoms with Crippen LogP contribution in [0.4, 0.5) is 5.95 Å². The van der Waals surface area contributed by atoms with Gasteiger partial charge in [0.25, 0.3) is 0 Å². The first-order valence-corrected chi connectivity index (χ1v) is 5.52. The molecule has 2 N–H and O–H groups in total. The van der Waals surface area contributed by atoms with E-state index in [9.17, 15) is 0 Å². The van der Waals surface area contributed by atoms with E-state index in [1.54, 1.807) is 0 Å². The van der Waals surface area contributed by atoms with Crippen LogP contribution >= 0.6 is 0 Å². The maximum Gasteiger partial charge on any atom is 0.242 e. The number of H-pyrrole nitrogens is 1. The molecule has 0 aromatic carbocycles. The van der Waals surface area contributed by atoms with Crippen molar-refractivity contribution < 1.29 is 0 Å². The van der Waals surface area contributed by atoms with Crippen LogP contribution < -0.4 is 5.32 Å². The highest BCUT2D eigenvalue weighted by atomic mass is 15.2. The Kier molecular flexibility index (Phi) is 3.59. The fraction of sp³-hybridized carbons (Fsp3) is 0.500. The Labute approximate surface area is 99.1 Å². The van der Waals surface area contributed by atoms with E-state index in [0.29, 0.717) is 5.95 Å². The summed E-state index contributed by atoms with van der Waals surface area (Å²) >= 11 is 0. The van der Waals surface area contributed by atoms with Gasteiger partial charge in [0, 0.05) is 13.0 Å². The topological polar surface area (TPSA) is 92.3 Å². The molecule has 0 radical (unpaired) electrons. The van der Waals surface area contributed by atoms with E-state index in [4.69, 9.17) is 0 Å². The second kappa shape index (κ2) is 5.33. The first kappa shape index (κ1) is 11.4. The van der Waals surface area contributed by atoms with Gasteiger partial charge in [-0.25, -0.2) is 9.97 Å². The van der Waals surface area contributed by atoms with Gasteiger partial charge in [-0.1, -0.05) is 0 Å². The van der Waals surface area contributed by atoms with Gasteiger partial charge in [0.05, 0.1) is 11.4 Å². The van der Waals surface area contributed by atoms with Gasteiger partial charge in [0.1, 0.15) is 12.2 Å². The van der Waals surface area contributed by atoms with Crippen molar-refractivity contribution in [3.05, 3.63) is 23.5 Å². The van der Waals surface area contributed by atoms with Gasteiger partial charge < -0.3 is 5.32 Å². The zero-order chi connectivity index (χ0) is 12.1. The average Bonchev–Trinajstić information content (AvgIpc) is 2.82. The van der Waals surface area contributed by atoms with Crippen LogP contribution in [0.2, 0.25) is 0 Å². The summed E-state index contributed by atoms with van der Waals surface area (Å²) in [6.45, 7) is 4.59. The van der Waals surface area contributed by atoms with Crippen molar-refractivity contribution in [3.8, 4) is 0 Å². The molecule has 7 nitrogen and oxygen atoms in total. The van der Waals surface area contributed by atoms with Gasteiger partial charge in [-0.15, -0.1) is 5.10 Å². The fourth-order valence-electron chi connectivity index (χ4n) is 1.34. The predicted octanol–water partition coefficient (Wildman–Crippen LogP) is 0.651. The molecule has 2 heterocycles. The van der Waals surface area contributed by atoms with Crippen molar-refractivity contribution in [2.75, 3.05) is 11.9 Å². The molecule has 0 aliphatic rings. The van der Waals surface area contributed by atoms with E-state index in [2.05, 4.69) is 35.7 Å². The predicted molar refractivity (Wildman–Crippen MR) is 62.5 cm³/mol. The molecule has 90 valence electrons. The Morgan fingerprint density at radius 2 is 2.12 bits per heavy atom. The molecule has 0 amide bonds. The lowest BCUT2D eigenvalue weighted by Gasteiger charge is -2.04. The molecule has 2 rings (SSSR count). The summed E-state index contributed by atoms with van der Waals surface area (Å²) in [6.07, 6.45) is 3.30. The molecule has 2 aromatic heterocycles. The standard InChI is InChI=1S/C10H15N7/c1-7-8(2)15-17-10(14-7)11-5-3-4-9-12-6-13-16-9/h6H,3-5H2,1-2H3,(H,11,14,17)(H,12,13,16). The second-order valence-corrected chi connectivity index (χ2v) is 3.77. The summed E-state index contributed by atoms with van der Waals surface area (Å²) in [7, 11) is 0. The molecule has 0 aliphatic carbocycles. The molecule has 0 aliphatic heterocycles. The van der Waals surface area contributed by atoms with Gasteiger partial charge in [0.2, 0.25) is 5.95 Å². The largest absolute Gasteiger partial charge is 0.353 e. The molecule has 0 fully saturated rings. The lowest BCUT2D eigenvalue weighted by Crippen LogP contribution is -2.09. The first-order chi connectivity index (χ1) is 8.25. The number of aromatic amines is 1. The number of hydrogen-bond acceptors (Lipinski definition) is 6. The summed E-state index contributed by atoms with van der Waals surface area (Å²) in [5, 5.41) is 17.7. The molecule has 0 spiro atoms. The van der Waals surface area contributed by atoms with Crippen LogP contribution in [0, 0.1) is 13.8 Å². The van der Waals surface area contributed by atoms with Gasteiger partial charge in [0.15, 0.2) is 0 Å². The maximum atomic E-state index is 4.29. The summed E-state index contributed by atoms with van der Waals surface area (Å²) in [4.78, 5) is 8.34. The quantitative estimate of drug-likeness (QED) is 0.737. The summed E-state index contributed by atoms with van der Waals surface area (Å²) in [6, 6.07) is 0. The van der Waals surface area contributed by atoms with Crippen LogP contribution in [0.5, 0.6) is 0 Å². The van der Waals surface area contributed by atoms with E-state index in [1.165, 1.54) is 6.33 Å². The first-order valence-electron chi connectivity index (χ1n) is 5.52. The highest BCUT2D eigenvalue weighted by Crippen LogP contribution is 2.02. The molecule has 0 saturated carbocycles. The van der Waals surface area contributed by atoms with Gasteiger partial charge in [-0.3, -0.25) is 5.10 Å². The minimum atomic E-state index is 0.575. The van der Waals surface area contributed by atoms with E-state index in [0.717, 1.165) is 36.6 Å². The molecule has 17 heavy (non-hydrogen) atoms. The smallest absolute Gasteiger partial charge is 0.242 e. The molecule has 0 saturated heterocycles.